The third kappa shape index (κ3) is 6.40. The van der Waals surface area contributed by atoms with E-state index in [0.29, 0.717) is 24.8 Å². The van der Waals surface area contributed by atoms with Crippen LogP contribution >= 0.6 is 0 Å². The number of anilines is 1. The Morgan fingerprint density at radius 1 is 1.13 bits per heavy atom. The number of esters is 1. The second kappa shape index (κ2) is 11.3. The van der Waals surface area contributed by atoms with Crippen LogP contribution in [0.25, 0.3) is 0 Å². The van der Waals surface area contributed by atoms with Crippen LogP contribution in [0.2, 0.25) is 0 Å². The van der Waals surface area contributed by atoms with Crippen LogP contribution < -0.4 is 9.64 Å². The molecule has 2 rings (SSSR count). The van der Waals surface area contributed by atoms with E-state index in [1.54, 1.807) is 24.3 Å². The van der Waals surface area contributed by atoms with E-state index in [4.69, 9.17) is 4.74 Å². The molecule has 0 atom stereocenters. The Morgan fingerprint density at radius 3 is 2.50 bits per heavy atom. The number of amides is 1. The molecule has 1 amide bonds. The van der Waals surface area contributed by atoms with Gasteiger partial charge in [-0.25, -0.2) is 0 Å². The van der Waals surface area contributed by atoms with Crippen LogP contribution in [0.4, 0.5) is 11.4 Å². The number of benzene rings is 2. The molecule has 0 aromatic heterocycles. The number of nitro benzene ring substituents is 1. The van der Waals surface area contributed by atoms with Crippen LogP contribution in [-0.4, -0.2) is 43.3 Å². The van der Waals surface area contributed by atoms with Gasteiger partial charge in [-0.15, -0.1) is 0 Å². The van der Waals surface area contributed by atoms with Gasteiger partial charge in [0.05, 0.1) is 30.3 Å². The lowest BCUT2D eigenvalue weighted by atomic mass is 10.2. The normalized spacial score (nSPS) is 10.2. The third-order valence-corrected chi connectivity index (χ3v) is 4.26. The van der Waals surface area contributed by atoms with E-state index in [-0.39, 0.29) is 42.5 Å². The number of methoxy groups -OCH3 is 1. The van der Waals surface area contributed by atoms with Crippen molar-refractivity contribution in [3.63, 3.8) is 0 Å². The maximum atomic E-state index is 12.6. The zero-order valence-corrected chi connectivity index (χ0v) is 16.5. The molecular formula is C21H22N2O7. The van der Waals surface area contributed by atoms with Gasteiger partial charge >= 0.3 is 5.97 Å². The summed E-state index contributed by atoms with van der Waals surface area (Å²) in [4.78, 5) is 46.8. The van der Waals surface area contributed by atoms with Gasteiger partial charge in [0.25, 0.3) is 5.69 Å². The zero-order valence-electron chi connectivity index (χ0n) is 16.5. The van der Waals surface area contributed by atoms with Crippen LogP contribution in [0.1, 0.15) is 29.6 Å². The summed E-state index contributed by atoms with van der Waals surface area (Å²) in [6, 6.07) is 12.8. The third-order valence-electron chi connectivity index (χ3n) is 4.26. The lowest BCUT2D eigenvalue weighted by Gasteiger charge is -2.21. The van der Waals surface area contributed by atoms with E-state index >= 15 is 0 Å². The molecule has 0 spiro atoms. The number of carbonyl (C=O) groups excluding carboxylic acids is 3. The van der Waals surface area contributed by atoms with E-state index in [2.05, 4.69) is 4.74 Å². The van der Waals surface area contributed by atoms with Crippen molar-refractivity contribution in [2.75, 3.05) is 25.2 Å². The maximum absolute atomic E-state index is 12.6. The first-order valence-corrected chi connectivity index (χ1v) is 9.25. The average Bonchev–Trinajstić information content (AvgIpc) is 2.77. The average molecular weight is 414 g/mol. The smallest absolute Gasteiger partial charge is 0.325 e. The van der Waals surface area contributed by atoms with Gasteiger partial charge in [-0.3, -0.25) is 24.5 Å². The van der Waals surface area contributed by atoms with Crippen molar-refractivity contribution in [3.05, 3.63) is 64.2 Å². The number of nitro groups is 1. The molecule has 0 aliphatic carbocycles. The maximum Gasteiger partial charge on any atom is 0.325 e. The molecule has 0 N–H and O–H groups in total. The summed E-state index contributed by atoms with van der Waals surface area (Å²) in [6.07, 6.45) is 1.63. The molecule has 0 aliphatic rings. The molecule has 2 aromatic carbocycles. The van der Waals surface area contributed by atoms with Crippen molar-refractivity contribution in [1.82, 2.24) is 0 Å². The lowest BCUT2D eigenvalue weighted by molar-refractivity contribution is -0.385. The predicted octanol–water partition coefficient (Wildman–Crippen LogP) is 3.16. The molecule has 9 heteroatoms. The summed E-state index contributed by atoms with van der Waals surface area (Å²) in [6.45, 7) is 0.0653. The minimum atomic E-state index is -0.644. The fourth-order valence-electron chi connectivity index (χ4n) is 2.70. The number of aldehydes is 1. The van der Waals surface area contributed by atoms with Gasteiger partial charge in [0, 0.05) is 12.1 Å². The number of carbonyl (C=O) groups is 3. The topological polar surface area (TPSA) is 116 Å². The van der Waals surface area contributed by atoms with Crippen LogP contribution in [0, 0.1) is 10.1 Å². The van der Waals surface area contributed by atoms with Crippen molar-refractivity contribution >= 4 is 29.5 Å². The van der Waals surface area contributed by atoms with Crippen LogP contribution in [0.3, 0.4) is 0 Å². The van der Waals surface area contributed by atoms with Crippen molar-refractivity contribution < 1.29 is 28.8 Å². The first-order valence-electron chi connectivity index (χ1n) is 9.25. The Morgan fingerprint density at radius 2 is 1.87 bits per heavy atom. The van der Waals surface area contributed by atoms with Crippen LogP contribution in [0.15, 0.2) is 48.5 Å². The van der Waals surface area contributed by atoms with Crippen molar-refractivity contribution in [3.8, 4) is 5.75 Å². The van der Waals surface area contributed by atoms with Crippen LogP contribution in [0.5, 0.6) is 5.75 Å². The summed E-state index contributed by atoms with van der Waals surface area (Å²) in [5.41, 5.74) is 0.260. The number of rotatable bonds is 11. The Hall–Kier alpha value is -3.75. The highest BCUT2D eigenvalue weighted by atomic mass is 16.6. The molecule has 0 saturated carbocycles. The van der Waals surface area contributed by atoms with Gasteiger partial charge in [-0.2, -0.15) is 0 Å². The van der Waals surface area contributed by atoms with Crippen molar-refractivity contribution in [2.24, 2.45) is 0 Å². The summed E-state index contributed by atoms with van der Waals surface area (Å²) in [5, 5.41) is 11.0. The Kier molecular flexibility index (Phi) is 8.49. The summed E-state index contributed by atoms with van der Waals surface area (Å²) < 4.78 is 10.2. The van der Waals surface area contributed by atoms with Crippen molar-refractivity contribution in [2.45, 2.75) is 19.3 Å². The Bertz CT molecular complexity index is 899. The predicted molar refractivity (Wildman–Crippen MR) is 109 cm³/mol. The van der Waals surface area contributed by atoms with Crippen LogP contribution in [-0.2, 0) is 14.3 Å². The van der Waals surface area contributed by atoms with E-state index in [0.717, 1.165) is 0 Å². The molecular weight excluding hydrogens is 392 g/mol. The minimum Gasteiger partial charge on any atom is -0.493 e. The van der Waals surface area contributed by atoms with E-state index in [9.17, 15) is 24.5 Å². The Balaban J connectivity index is 1.87. The number of hydrogen-bond acceptors (Lipinski definition) is 7. The van der Waals surface area contributed by atoms with Gasteiger partial charge < -0.3 is 14.4 Å². The molecule has 0 radical (unpaired) electrons. The summed E-state index contributed by atoms with van der Waals surface area (Å²) >= 11 is 0. The second-order valence-electron chi connectivity index (χ2n) is 6.29. The van der Waals surface area contributed by atoms with Gasteiger partial charge in [-0.05, 0) is 37.1 Å². The fraction of sp³-hybridized carbons (Fsp3) is 0.286. The number of nitrogens with zero attached hydrogens (tertiary/aromatic N) is 2. The Labute approximate surface area is 173 Å². The number of para-hydroxylation sites is 1. The second-order valence-corrected chi connectivity index (χ2v) is 6.29. The number of ether oxygens (including phenoxy) is 2. The molecule has 0 fully saturated rings. The highest BCUT2D eigenvalue weighted by molar-refractivity contribution is 5.97. The SMILES string of the molecule is COC(=O)CN(C(=O)CCCCOc1ccc(C=O)c([N+](=O)[O-])c1)c1ccccc1. The highest BCUT2D eigenvalue weighted by Crippen LogP contribution is 2.23. The zero-order chi connectivity index (χ0) is 21.9. The number of unbranched alkanes of at least 4 members (excludes halogenated alkanes) is 1. The van der Waals surface area contributed by atoms with E-state index < -0.39 is 10.9 Å². The van der Waals surface area contributed by atoms with Gasteiger partial charge in [0.15, 0.2) is 6.29 Å². The first-order chi connectivity index (χ1) is 14.5. The molecule has 0 heterocycles. The highest BCUT2D eigenvalue weighted by Gasteiger charge is 2.19. The summed E-state index contributed by atoms with van der Waals surface area (Å²) in [5.74, 6) is -0.469. The molecule has 0 saturated heterocycles. The van der Waals surface area contributed by atoms with Crippen molar-refractivity contribution in [1.29, 1.82) is 0 Å². The minimum absolute atomic E-state index is 0.0236. The van der Waals surface area contributed by atoms with E-state index in [1.165, 1.54) is 30.2 Å². The molecule has 0 aliphatic heterocycles. The van der Waals surface area contributed by atoms with Gasteiger partial charge in [0.1, 0.15) is 12.3 Å². The first kappa shape index (κ1) is 22.5. The molecule has 30 heavy (non-hydrogen) atoms. The molecule has 0 bridgehead atoms. The summed E-state index contributed by atoms with van der Waals surface area (Å²) in [7, 11) is 1.26. The quantitative estimate of drug-likeness (QED) is 0.182. The molecule has 158 valence electrons. The largest absolute Gasteiger partial charge is 0.493 e. The van der Waals surface area contributed by atoms with E-state index in [1.807, 2.05) is 6.07 Å². The fourth-order valence-corrected chi connectivity index (χ4v) is 2.70. The number of hydrogen-bond donors (Lipinski definition) is 0. The molecule has 9 nitrogen and oxygen atoms in total. The molecule has 0 unspecified atom stereocenters. The van der Waals surface area contributed by atoms with Gasteiger partial charge in [0.2, 0.25) is 5.91 Å². The monoisotopic (exact) mass is 414 g/mol. The lowest BCUT2D eigenvalue weighted by Crippen LogP contribution is -2.36. The van der Waals surface area contributed by atoms with Gasteiger partial charge in [-0.1, -0.05) is 18.2 Å². The standard InChI is InChI=1S/C21H22N2O7/c1-29-21(26)14-22(17-7-3-2-4-8-17)20(25)9-5-6-12-30-18-11-10-16(15-24)19(13-18)23(27)28/h2-4,7-8,10-11,13,15H,5-6,9,12,14H2,1H3. The molecule has 2 aromatic rings.